The molecule has 1 heterocycles. The Labute approximate surface area is 119 Å². The molecule has 0 aliphatic carbocycles. The first kappa shape index (κ1) is 13.6. The third-order valence-corrected chi connectivity index (χ3v) is 5.79. The van der Waals surface area contributed by atoms with Crippen LogP contribution in [0.3, 0.4) is 0 Å². The van der Waals surface area contributed by atoms with Gasteiger partial charge in [0.25, 0.3) is 0 Å². The molecule has 0 saturated carbocycles. The molecule has 0 spiro atoms. The molecular formula is C16H19NO2S. The summed E-state index contributed by atoms with van der Waals surface area (Å²) in [5, 5.41) is 5.71. The van der Waals surface area contributed by atoms with E-state index in [-0.39, 0.29) is 23.5 Å². The molecule has 20 heavy (non-hydrogen) atoms. The third-order valence-electron chi connectivity index (χ3n) is 3.87. The standard InChI is InChI=1S/C16H19NO2S/c1-12-9-17-16(11-20(18,19)10-12)15-8-4-6-13-5-2-3-7-14(13)15/h2-8,12,16-17H,9-11H2,1H3. The minimum Gasteiger partial charge on any atom is -0.309 e. The minimum atomic E-state index is -3.00. The van der Waals surface area contributed by atoms with Gasteiger partial charge in [-0.15, -0.1) is 0 Å². The van der Waals surface area contributed by atoms with E-state index in [9.17, 15) is 8.42 Å². The molecule has 1 aliphatic rings. The largest absolute Gasteiger partial charge is 0.309 e. The van der Waals surface area contributed by atoms with Crippen LogP contribution in [0.15, 0.2) is 42.5 Å². The molecule has 106 valence electrons. The third kappa shape index (κ3) is 2.72. The molecule has 4 heteroatoms. The number of hydrogen-bond acceptors (Lipinski definition) is 3. The van der Waals surface area contributed by atoms with Crippen molar-refractivity contribution >= 4 is 20.6 Å². The Morgan fingerprint density at radius 1 is 1.05 bits per heavy atom. The van der Waals surface area contributed by atoms with Crippen molar-refractivity contribution in [1.82, 2.24) is 5.32 Å². The highest BCUT2D eigenvalue weighted by molar-refractivity contribution is 7.91. The number of sulfone groups is 1. The number of rotatable bonds is 1. The zero-order valence-electron chi connectivity index (χ0n) is 11.5. The lowest BCUT2D eigenvalue weighted by atomic mass is 9.99. The van der Waals surface area contributed by atoms with Crippen LogP contribution in [0.25, 0.3) is 10.8 Å². The van der Waals surface area contributed by atoms with Gasteiger partial charge in [-0.2, -0.15) is 0 Å². The summed E-state index contributed by atoms with van der Waals surface area (Å²) in [6.45, 7) is 2.73. The molecule has 3 nitrogen and oxygen atoms in total. The smallest absolute Gasteiger partial charge is 0.152 e. The van der Waals surface area contributed by atoms with Crippen molar-refractivity contribution < 1.29 is 8.42 Å². The molecule has 0 aromatic heterocycles. The summed E-state index contributed by atoms with van der Waals surface area (Å²) in [5.74, 6) is 0.632. The van der Waals surface area contributed by atoms with Crippen LogP contribution in [-0.2, 0) is 9.84 Å². The van der Waals surface area contributed by atoms with Crippen molar-refractivity contribution in [3.8, 4) is 0 Å². The van der Waals surface area contributed by atoms with Gasteiger partial charge in [-0.1, -0.05) is 49.4 Å². The lowest BCUT2D eigenvalue weighted by Gasteiger charge is -2.18. The van der Waals surface area contributed by atoms with Gasteiger partial charge < -0.3 is 5.32 Å². The van der Waals surface area contributed by atoms with Crippen LogP contribution in [0, 0.1) is 5.92 Å². The zero-order valence-corrected chi connectivity index (χ0v) is 12.4. The monoisotopic (exact) mass is 289 g/mol. The van der Waals surface area contributed by atoms with Gasteiger partial charge in [0.05, 0.1) is 11.5 Å². The average Bonchev–Trinajstić information content (AvgIpc) is 2.55. The van der Waals surface area contributed by atoms with Gasteiger partial charge in [-0.3, -0.25) is 0 Å². The van der Waals surface area contributed by atoms with E-state index in [1.54, 1.807) is 0 Å². The van der Waals surface area contributed by atoms with Gasteiger partial charge in [-0.05, 0) is 28.8 Å². The summed E-state index contributed by atoms with van der Waals surface area (Å²) >= 11 is 0. The first-order valence-corrected chi connectivity index (χ1v) is 8.79. The highest BCUT2D eigenvalue weighted by Crippen LogP contribution is 2.27. The van der Waals surface area contributed by atoms with Crippen LogP contribution in [0.4, 0.5) is 0 Å². The average molecular weight is 289 g/mol. The van der Waals surface area contributed by atoms with Crippen molar-refractivity contribution in [3.05, 3.63) is 48.0 Å². The van der Waals surface area contributed by atoms with E-state index in [0.29, 0.717) is 0 Å². The van der Waals surface area contributed by atoms with Gasteiger partial charge in [0, 0.05) is 6.04 Å². The minimum absolute atomic E-state index is 0.115. The van der Waals surface area contributed by atoms with E-state index < -0.39 is 9.84 Å². The Kier molecular flexibility index (Phi) is 3.52. The van der Waals surface area contributed by atoms with Gasteiger partial charge in [-0.25, -0.2) is 8.42 Å². The molecule has 0 bridgehead atoms. The summed E-state index contributed by atoms with van der Waals surface area (Å²) in [5.41, 5.74) is 1.08. The van der Waals surface area contributed by atoms with Gasteiger partial charge in [0.2, 0.25) is 0 Å². The van der Waals surface area contributed by atoms with E-state index in [1.165, 1.54) is 0 Å². The van der Waals surface area contributed by atoms with Crippen molar-refractivity contribution in [2.24, 2.45) is 5.92 Å². The van der Waals surface area contributed by atoms with Gasteiger partial charge in [0.1, 0.15) is 0 Å². The Hall–Kier alpha value is -1.39. The van der Waals surface area contributed by atoms with Crippen molar-refractivity contribution in [1.29, 1.82) is 0 Å². The predicted molar refractivity (Wildman–Crippen MR) is 82.5 cm³/mol. The molecule has 0 radical (unpaired) electrons. The highest BCUT2D eigenvalue weighted by atomic mass is 32.2. The maximum atomic E-state index is 12.2. The summed E-state index contributed by atoms with van der Waals surface area (Å²) in [6.07, 6.45) is 0. The zero-order chi connectivity index (χ0) is 14.2. The Balaban J connectivity index is 2.06. The number of benzene rings is 2. The number of fused-ring (bicyclic) bond motifs is 1. The van der Waals surface area contributed by atoms with E-state index >= 15 is 0 Å². The maximum absolute atomic E-state index is 12.2. The fraction of sp³-hybridized carbons (Fsp3) is 0.375. The Morgan fingerprint density at radius 3 is 2.65 bits per heavy atom. The number of hydrogen-bond donors (Lipinski definition) is 1. The molecular weight excluding hydrogens is 270 g/mol. The second-order valence-electron chi connectivity index (χ2n) is 5.71. The molecule has 3 rings (SSSR count). The number of nitrogens with one attached hydrogen (secondary N) is 1. The molecule has 2 aromatic rings. The molecule has 1 aliphatic heterocycles. The second kappa shape index (κ2) is 5.19. The molecule has 2 atom stereocenters. The summed E-state index contributed by atoms with van der Waals surface area (Å²) in [7, 11) is -3.00. The topological polar surface area (TPSA) is 46.2 Å². The van der Waals surface area contributed by atoms with E-state index in [4.69, 9.17) is 0 Å². The molecule has 1 N–H and O–H groups in total. The van der Waals surface area contributed by atoms with Crippen molar-refractivity contribution in [2.75, 3.05) is 18.1 Å². The normalized spacial score (nSPS) is 26.2. The van der Waals surface area contributed by atoms with E-state index in [0.717, 1.165) is 22.9 Å². The summed E-state index contributed by atoms with van der Waals surface area (Å²) in [4.78, 5) is 0. The van der Waals surface area contributed by atoms with Crippen LogP contribution in [0.5, 0.6) is 0 Å². The van der Waals surface area contributed by atoms with Crippen LogP contribution < -0.4 is 5.32 Å². The first-order chi connectivity index (χ1) is 9.55. The van der Waals surface area contributed by atoms with Crippen LogP contribution >= 0.6 is 0 Å². The van der Waals surface area contributed by atoms with Crippen LogP contribution in [-0.4, -0.2) is 26.5 Å². The molecule has 2 unspecified atom stereocenters. The molecule has 0 amide bonds. The second-order valence-corrected chi connectivity index (χ2v) is 7.87. The summed E-state index contributed by atoms with van der Waals surface area (Å²) in [6, 6.07) is 14.1. The molecule has 1 saturated heterocycles. The van der Waals surface area contributed by atoms with E-state index in [1.807, 2.05) is 31.2 Å². The lowest BCUT2D eigenvalue weighted by Crippen LogP contribution is -2.26. The van der Waals surface area contributed by atoms with Gasteiger partial charge >= 0.3 is 0 Å². The summed E-state index contributed by atoms with van der Waals surface area (Å²) < 4.78 is 24.3. The first-order valence-electron chi connectivity index (χ1n) is 6.97. The Morgan fingerprint density at radius 2 is 1.80 bits per heavy atom. The van der Waals surface area contributed by atoms with E-state index in [2.05, 4.69) is 23.5 Å². The molecule has 2 aromatic carbocycles. The van der Waals surface area contributed by atoms with Crippen molar-refractivity contribution in [2.45, 2.75) is 13.0 Å². The fourth-order valence-electron chi connectivity index (χ4n) is 2.97. The molecule has 1 fully saturated rings. The Bertz CT molecular complexity index is 719. The predicted octanol–water partition coefficient (Wildman–Crippen LogP) is 2.54. The lowest BCUT2D eigenvalue weighted by molar-refractivity contribution is 0.519. The van der Waals surface area contributed by atoms with Crippen LogP contribution in [0.2, 0.25) is 0 Å². The highest BCUT2D eigenvalue weighted by Gasteiger charge is 2.27. The fourth-order valence-corrected chi connectivity index (χ4v) is 4.90. The van der Waals surface area contributed by atoms with Crippen LogP contribution in [0.1, 0.15) is 18.5 Å². The quantitative estimate of drug-likeness (QED) is 0.877. The van der Waals surface area contributed by atoms with Gasteiger partial charge in [0.15, 0.2) is 9.84 Å². The maximum Gasteiger partial charge on any atom is 0.152 e. The van der Waals surface area contributed by atoms with Crippen molar-refractivity contribution in [3.63, 3.8) is 0 Å². The SMILES string of the molecule is CC1CNC(c2cccc3ccccc23)CS(=O)(=O)C1.